The van der Waals surface area contributed by atoms with Gasteiger partial charge in [-0.25, -0.2) is 0 Å². The summed E-state index contributed by atoms with van der Waals surface area (Å²) in [4.78, 5) is 13.4. The number of halogens is 1. The van der Waals surface area contributed by atoms with Crippen LogP contribution in [0.2, 0.25) is 5.02 Å². The van der Waals surface area contributed by atoms with E-state index in [2.05, 4.69) is 5.32 Å². The fourth-order valence-electron chi connectivity index (χ4n) is 2.61. The predicted octanol–water partition coefficient (Wildman–Crippen LogP) is 3.01. The van der Waals surface area contributed by atoms with Crippen molar-refractivity contribution in [3.05, 3.63) is 22.7 Å². The quantitative estimate of drug-likeness (QED) is 0.817. The van der Waals surface area contributed by atoms with Gasteiger partial charge in [-0.05, 0) is 25.0 Å². The third-order valence-corrected chi connectivity index (χ3v) is 4.17. The Bertz CT molecular complexity index is 528. The van der Waals surface area contributed by atoms with Crippen LogP contribution in [0, 0.1) is 0 Å². The Kier molecular flexibility index (Phi) is 5.91. The van der Waals surface area contributed by atoms with E-state index in [0.717, 1.165) is 12.8 Å². The molecule has 1 aliphatic rings. The smallest absolute Gasteiger partial charge is 0.253 e. The maximum absolute atomic E-state index is 12.0. The summed E-state index contributed by atoms with van der Waals surface area (Å²) in [7, 11) is 3.32. The molecule has 0 unspecified atom stereocenters. The Hall–Kier alpha value is -1.46. The van der Waals surface area contributed by atoms with Gasteiger partial charge in [-0.2, -0.15) is 0 Å². The van der Waals surface area contributed by atoms with E-state index in [-0.39, 0.29) is 29.2 Å². The minimum Gasteiger partial charge on any atom is -0.503 e. The molecule has 0 heterocycles. The van der Waals surface area contributed by atoms with Crippen molar-refractivity contribution in [3.63, 3.8) is 0 Å². The second kappa shape index (κ2) is 7.70. The topological polar surface area (TPSA) is 61.8 Å². The van der Waals surface area contributed by atoms with E-state index < -0.39 is 0 Å². The molecule has 0 saturated heterocycles. The van der Waals surface area contributed by atoms with Crippen molar-refractivity contribution in [1.29, 1.82) is 0 Å². The maximum atomic E-state index is 12.0. The number of hydrogen-bond acceptors (Lipinski definition) is 4. The van der Waals surface area contributed by atoms with Crippen LogP contribution < -0.4 is 10.1 Å². The molecule has 0 aliphatic heterocycles. The summed E-state index contributed by atoms with van der Waals surface area (Å²) >= 11 is 5.97. The van der Waals surface area contributed by atoms with E-state index in [1.54, 1.807) is 14.1 Å². The largest absolute Gasteiger partial charge is 0.503 e. The Balaban J connectivity index is 2.01. The van der Waals surface area contributed by atoms with Crippen LogP contribution >= 0.6 is 11.6 Å². The molecule has 1 saturated carbocycles. The fraction of sp³-hybridized carbons (Fsp3) is 0.562. The highest BCUT2D eigenvalue weighted by Gasteiger charge is 2.17. The third-order valence-electron chi connectivity index (χ3n) is 3.89. The first-order valence-corrected chi connectivity index (χ1v) is 7.97. The molecule has 2 rings (SSSR count). The van der Waals surface area contributed by atoms with Crippen molar-refractivity contribution in [3.8, 4) is 11.5 Å². The fourth-order valence-corrected chi connectivity index (χ4v) is 2.82. The van der Waals surface area contributed by atoms with Gasteiger partial charge in [0.05, 0.1) is 5.02 Å². The summed E-state index contributed by atoms with van der Waals surface area (Å²) in [6, 6.07) is 3.42. The Morgan fingerprint density at radius 3 is 2.68 bits per heavy atom. The number of hydrogen-bond donors (Lipinski definition) is 2. The number of phenolic OH excluding ortho intramolecular Hbond substituents is 1. The summed E-state index contributed by atoms with van der Waals surface area (Å²) in [6.45, 7) is 0.286. The van der Waals surface area contributed by atoms with Crippen molar-refractivity contribution in [1.82, 2.24) is 10.2 Å². The van der Waals surface area contributed by atoms with Crippen LogP contribution in [-0.2, 0) is 0 Å². The van der Waals surface area contributed by atoms with Crippen molar-refractivity contribution in [2.24, 2.45) is 0 Å². The molecule has 6 heteroatoms. The molecule has 0 bridgehead atoms. The lowest BCUT2D eigenvalue weighted by Crippen LogP contribution is -2.34. The van der Waals surface area contributed by atoms with Gasteiger partial charge in [-0.1, -0.05) is 30.9 Å². The van der Waals surface area contributed by atoms with E-state index in [1.165, 1.54) is 36.3 Å². The average molecular weight is 327 g/mol. The Morgan fingerprint density at radius 1 is 1.36 bits per heavy atom. The van der Waals surface area contributed by atoms with Gasteiger partial charge in [0.25, 0.3) is 5.91 Å². The molecule has 2 N–H and O–H groups in total. The minimum absolute atomic E-state index is 0.111. The number of benzene rings is 1. The summed E-state index contributed by atoms with van der Waals surface area (Å²) in [5.41, 5.74) is 0.389. The van der Waals surface area contributed by atoms with Crippen LogP contribution in [0.1, 0.15) is 42.5 Å². The average Bonchev–Trinajstić information content (AvgIpc) is 2.51. The number of nitrogens with zero attached hydrogens (tertiary/aromatic N) is 1. The third kappa shape index (κ3) is 4.27. The molecule has 5 nitrogen and oxygen atoms in total. The first-order chi connectivity index (χ1) is 10.5. The van der Waals surface area contributed by atoms with Crippen LogP contribution in [0.25, 0.3) is 0 Å². The van der Waals surface area contributed by atoms with E-state index in [1.807, 2.05) is 0 Å². The second-order valence-corrected chi connectivity index (χ2v) is 6.24. The van der Waals surface area contributed by atoms with Gasteiger partial charge in [0.1, 0.15) is 6.73 Å². The molecule has 1 fully saturated rings. The normalized spacial score (nSPS) is 15.6. The zero-order valence-corrected chi connectivity index (χ0v) is 13.8. The molecule has 1 amide bonds. The standard InChI is InChI=1S/C16H23ClN2O3/c1-19(2)16(21)11-8-13(17)15(20)14(9-11)22-10-18-12-6-4-3-5-7-12/h8-9,12,18,20H,3-7,10H2,1-2H3. The highest BCUT2D eigenvalue weighted by Crippen LogP contribution is 2.35. The van der Waals surface area contributed by atoms with Crippen LogP contribution in [0.5, 0.6) is 11.5 Å². The Labute approximate surface area is 136 Å². The number of carbonyl (C=O) groups excluding carboxylic acids is 1. The number of ether oxygens (including phenoxy) is 1. The zero-order chi connectivity index (χ0) is 16.1. The molecule has 0 radical (unpaired) electrons. The molecule has 0 atom stereocenters. The van der Waals surface area contributed by atoms with Gasteiger partial charge < -0.3 is 14.7 Å². The van der Waals surface area contributed by atoms with Crippen LogP contribution in [0.15, 0.2) is 12.1 Å². The van der Waals surface area contributed by atoms with Gasteiger partial charge in [0, 0.05) is 25.7 Å². The summed E-state index contributed by atoms with van der Waals surface area (Å²) in [5, 5.41) is 13.4. The lowest BCUT2D eigenvalue weighted by Gasteiger charge is -2.23. The first kappa shape index (κ1) is 16.9. The number of carbonyl (C=O) groups is 1. The van der Waals surface area contributed by atoms with Gasteiger partial charge in [-0.15, -0.1) is 0 Å². The summed E-state index contributed by atoms with van der Waals surface area (Å²) in [5.74, 6) is -0.101. The lowest BCUT2D eigenvalue weighted by molar-refractivity contribution is 0.0827. The van der Waals surface area contributed by atoms with E-state index in [4.69, 9.17) is 16.3 Å². The van der Waals surface area contributed by atoms with Gasteiger partial charge in [0.15, 0.2) is 11.5 Å². The Morgan fingerprint density at radius 2 is 2.05 bits per heavy atom. The number of phenols is 1. The van der Waals surface area contributed by atoms with Crippen molar-refractivity contribution >= 4 is 17.5 Å². The molecule has 0 spiro atoms. The van der Waals surface area contributed by atoms with Crippen LogP contribution in [0.4, 0.5) is 0 Å². The number of nitrogens with one attached hydrogen (secondary N) is 1. The molecule has 122 valence electrons. The van der Waals surface area contributed by atoms with Gasteiger partial charge >= 0.3 is 0 Å². The SMILES string of the molecule is CN(C)C(=O)c1cc(Cl)c(O)c(OCNC2CCCCC2)c1. The molecule has 22 heavy (non-hydrogen) atoms. The highest BCUT2D eigenvalue weighted by atomic mass is 35.5. The van der Waals surface area contributed by atoms with E-state index in [0.29, 0.717) is 11.6 Å². The molecule has 1 aliphatic carbocycles. The van der Waals surface area contributed by atoms with Crippen LogP contribution in [0.3, 0.4) is 0 Å². The van der Waals surface area contributed by atoms with Crippen molar-refractivity contribution < 1.29 is 14.6 Å². The number of amides is 1. The summed E-state index contributed by atoms with van der Waals surface area (Å²) < 4.78 is 5.57. The molecular weight excluding hydrogens is 304 g/mol. The molecular formula is C16H23ClN2O3. The van der Waals surface area contributed by atoms with Gasteiger partial charge in [-0.3, -0.25) is 10.1 Å². The first-order valence-electron chi connectivity index (χ1n) is 7.59. The molecule has 0 aromatic heterocycles. The number of aromatic hydroxyl groups is 1. The monoisotopic (exact) mass is 326 g/mol. The zero-order valence-electron chi connectivity index (χ0n) is 13.1. The van der Waals surface area contributed by atoms with Crippen molar-refractivity contribution in [2.75, 3.05) is 20.8 Å². The lowest BCUT2D eigenvalue weighted by atomic mass is 9.96. The number of rotatable bonds is 5. The molecule has 1 aromatic rings. The van der Waals surface area contributed by atoms with E-state index >= 15 is 0 Å². The highest BCUT2D eigenvalue weighted by molar-refractivity contribution is 6.32. The summed E-state index contributed by atoms with van der Waals surface area (Å²) in [6.07, 6.45) is 6.07. The van der Waals surface area contributed by atoms with E-state index in [9.17, 15) is 9.90 Å². The van der Waals surface area contributed by atoms with Crippen LogP contribution in [-0.4, -0.2) is 42.8 Å². The minimum atomic E-state index is -0.188. The molecule has 1 aromatic carbocycles. The predicted molar refractivity (Wildman–Crippen MR) is 86.6 cm³/mol. The maximum Gasteiger partial charge on any atom is 0.253 e. The second-order valence-electron chi connectivity index (χ2n) is 5.83. The van der Waals surface area contributed by atoms with Crippen molar-refractivity contribution in [2.45, 2.75) is 38.1 Å². The van der Waals surface area contributed by atoms with Gasteiger partial charge in [0.2, 0.25) is 0 Å².